The van der Waals surface area contributed by atoms with Crippen LogP contribution < -0.4 is 0 Å². The number of benzene rings is 11. The molecule has 52 heavy (non-hydrogen) atoms. The smallest absolute Gasteiger partial charge is 0.00199 e. The van der Waals surface area contributed by atoms with E-state index in [2.05, 4.69) is 194 Å². The van der Waals surface area contributed by atoms with Crippen molar-refractivity contribution in [3.8, 4) is 33.4 Å². The van der Waals surface area contributed by atoms with Gasteiger partial charge >= 0.3 is 0 Å². The van der Waals surface area contributed by atoms with Crippen molar-refractivity contribution < 1.29 is 0 Å². The normalized spacial score (nSPS) is 11.8. The van der Waals surface area contributed by atoms with Crippen LogP contribution in [0.5, 0.6) is 0 Å². The Morgan fingerprint density at radius 1 is 0.192 bits per heavy atom. The van der Waals surface area contributed by atoms with E-state index in [0.29, 0.717) is 0 Å². The zero-order valence-electron chi connectivity index (χ0n) is 28.5. The lowest BCUT2D eigenvalue weighted by Crippen LogP contribution is -1.90. The Hall–Kier alpha value is -6.76. The molecule has 0 bridgehead atoms. The summed E-state index contributed by atoms with van der Waals surface area (Å²) in [5.74, 6) is 0. The maximum absolute atomic E-state index is 2.45. The first-order valence-electron chi connectivity index (χ1n) is 18.1. The van der Waals surface area contributed by atoms with Gasteiger partial charge in [-0.15, -0.1) is 0 Å². The molecular weight excluding hydrogens is 625 g/mol. The molecule has 0 heteroatoms. The lowest BCUT2D eigenvalue weighted by molar-refractivity contribution is 1.66. The molecule has 0 fully saturated rings. The molecular formula is C52H32. The van der Waals surface area contributed by atoms with E-state index in [1.807, 2.05) is 0 Å². The van der Waals surface area contributed by atoms with Crippen LogP contribution in [0.15, 0.2) is 194 Å². The van der Waals surface area contributed by atoms with E-state index in [4.69, 9.17) is 0 Å². The molecule has 0 amide bonds. The van der Waals surface area contributed by atoms with Crippen molar-refractivity contribution in [1.82, 2.24) is 0 Å². The van der Waals surface area contributed by atoms with Crippen LogP contribution >= 0.6 is 0 Å². The van der Waals surface area contributed by atoms with E-state index in [9.17, 15) is 0 Å². The van der Waals surface area contributed by atoms with Crippen molar-refractivity contribution in [2.24, 2.45) is 0 Å². The van der Waals surface area contributed by atoms with Crippen LogP contribution in [0.3, 0.4) is 0 Å². The molecule has 0 spiro atoms. The summed E-state index contributed by atoms with van der Waals surface area (Å²) in [5.41, 5.74) is 7.47. The third kappa shape index (κ3) is 4.55. The van der Waals surface area contributed by atoms with Gasteiger partial charge in [0.2, 0.25) is 0 Å². The zero-order chi connectivity index (χ0) is 34.2. The van der Waals surface area contributed by atoms with Crippen LogP contribution in [0.2, 0.25) is 0 Å². The summed E-state index contributed by atoms with van der Waals surface area (Å²) in [5, 5.41) is 17.9. The highest BCUT2D eigenvalue weighted by atomic mass is 14.2. The molecule has 0 saturated heterocycles. The molecule has 240 valence electrons. The highest BCUT2D eigenvalue weighted by Gasteiger charge is 2.16. The van der Waals surface area contributed by atoms with Crippen molar-refractivity contribution in [3.05, 3.63) is 194 Å². The minimum Gasteiger partial charge on any atom is -0.0616 e. The van der Waals surface area contributed by atoms with E-state index < -0.39 is 0 Å². The second-order valence-corrected chi connectivity index (χ2v) is 14.1. The van der Waals surface area contributed by atoms with E-state index >= 15 is 0 Å². The molecule has 11 aromatic rings. The predicted molar refractivity (Wildman–Crippen MR) is 225 cm³/mol. The summed E-state index contributed by atoms with van der Waals surface area (Å²) in [6, 6.07) is 72.0. The quantitative estimate of drug-likeness (QED) is 0.166. The van der Waals surface area contributed by atoms with Crippen LogP contribution in [-0.2, 0) is 0 Å². The highest BCUT2D eigenvalue weighted by molar-refractivity contribution is 6.33. The number of hydrogen-bond acceptors (Lipinski definition) is 0. The molecule has 0 nitrogen and oxygen atoms in total. The summed E-state index contributed by atoms with van der Waals surface area (Å²) in [7, 11) is 0. The molecule has 0 aliphatic heterocycles. The largest absolute Gasteiger partial charge is 0.0616 e. The standard InChI is InChI=1S/C52H32/c1-3-11-35-27-37(19-17-33(35)9-1)38-21-22-41-30-43(24-23-39(41)29-38)49-32-51-45-14-6-5-13-44(45)50-31-42(40-20-18-34-10-2-4-12-36(34)28-40)25-26-48(50)52(51)47-16-8-7-15-46(47)49/h1-32H. The van der Waals surface area contributed by atoms with E-state index in [1.54, 1.807) is 0 Å². The van der Waals surface area contributed by atoms with Crippen molar-refractivity contribution in [1.29, 1.82) is 0 Å². The van der Waals surface area contributed by atoms with Crippen LogP contribution in [-0.4, -0.2) is 0 Å². The molecule has 11 aromatic carbocycles. The van der Waals surface area contributed by atoms with Gasteiger partial charge < -0.3 is 0 Å². The fraction of sp³-hybridized carbons (Fsp3) is 0. The van der Waals surface area contributed by atoms with E-state index in [1.165, 1.54) is 109 Å². The Morgan fingerprint density at radius 3 is 1.19 bits per heavy atom. The van der Waals surface area contributed by atoms with Crippen molar-refractivity contribution >= 4 is 75.4 Å². The van der Waals surface area contributed by atoms with Crippen LogP contribution in [0, 0.1) is 0 Å². The number of fused-ring (bicyclic) bond motifs is 11. The van der Waals surface area contributed by atoms with E-state index in [0.717, 1.165) is 0 Å². The van der Waals surface area contributed by atoms with Gasteiger partial charge in [0.15, 0.2) is 0 Å². The molecule has 0 radical (unpaired) electrons. The molecule has 0 aromatic heterocycles. The van der Waals surface area contributed by atoms with Crippen LogP contribution in [0.1, 0.15) is 0 Å². The monoisotopic (exact) mass is 656 g/mol. The SMILES string of the molecule is c1ccc2cc(-c3ccc4cc(-c5cc6c7ccccc7c7cc(-c8ccc9ccccc9c8)ccc7c6c6ccccc56)ccc4c3)ccc2c1. The third-order valence-corrected chi connectivity index (χ3v) is 11.2. The summed E-state index contributed by atoms with van der Waals surface area (Å²) >= 11 is 0. The Balaban J connectivity index is 1.10. The van der Waals surface area contributed by atoms with Gasteiger partial charge in [-0.25, -0.2) is 0 Å². The topological polar surface area (TPSA) is 0 Å². The minimum atomic E-state index is 1.24. The third-order valence-electron chi connectivity index (χ3n) is 11.2. The summed E-state index contributed by atoms with van der Waals surface area (Å²) in [6.07, 6.45) is 0. The zero-order valence-corrected chi connectivity index (χ0v) is 28.5. The molecule has 0 aliphatic rings. The summed E-state index contributed by atoms with van der Waals surface area (Å²) in [4.78, 5) is 0. The number of hydrogen-bond donors (Lipinski definition) is 0. The molecule has 0 unspecified atom stereocenters. The Labute approximate surface area is 301 Å². The maximum Gasteiger partial charge on any atom is -0.00199 e. The van der Waals surface area contributed by atoms with Crippen LogP contribution in [0.4, 0.5) is 0 Å². The first-order chi connectivity index (χ1) is 25.7. The van der Waals surface area contributed by atoms with Crippen molar-refractivity contribution in [3.63, 3.8) is 0 Å². The van der Waals surface area contributed by atoms with Gasteiger partial charge in [0.25, 0.3) is 0 Å². The highest BCUT2D eigenvalue weighted by Crippen LogP contribution is 2.44. The van der Waals surface area contributed by atoms with Gasteiger partial charge in [-0.1, -0.05) is 158 Å². The Bertz CT molecular complexity index is 3240. The predicted octanol–water partition coefficient (Wildman–Crippen LogP) is 14.8. The first-order valence-corrected chi connectivity index (χ1v) is 18.1. The molecule has 0 saturated carbocycles. The van der Waals surface area contributed by atoms with E-state index in [-0.39, 0.29) is 0 Å². The second-order valence-electron chi connectivity index (χ2n) is 14.1. The Morgan fingerprint density at radius 2 is 0.577 bits per heavy atom. The van der Waals surface area contributed by atoms with Crippen LogP contribution in [0.25, 0.3) is 109 Å². The fourth-order valence-electron chi connectivity index (χ4n) is 8.56. The average molecular weight is 657 g/mol. The fourth-order valence-corrected chi connectivity index (χ4v) is 8.56. The van der Waals surface area contributed by atoms with Gasteiger partial charge in [-0.05, 0) is 145 Å². The maximum atomic E-state index is 2.45. The molecule has 11 rings (SSSR count). The van der Waals surface area contributed by atoms with Crippen molar-refractivity contribution in [2.45, 2.75) is 0 Å². The summed E-state index contributed by atoms with van der Waals surface area (Å²) < 4.78 is 0. The van der Waals surface area contributed by atoms with Gasteiger partial charge in [-0.2, -0.15) is 0 Å². The average Bonchev–Trinajstić information content (AvgIpc) is 3.22. The first kappa shape index (κ1) is 29.0. The lowest BCUT2D eigenvalue weighted by atomic mass is 9.86. The Kier molecular flexibility index (Phi) is 6.35. The molecule has 0 atom stereocenters. The molecule has 0 heterocycles. The van der Waals surface area contributed by atoms with Gasteiger partial charge in [0.05, 0.1) is 0 Å². The molecule has 0 aliphatic carbocycles. The van der Waals surface area contributed by atoms with Crippen molar-refractivity contribution in [2.75, 3.05) is 0 Å². The summed E-state index contributed by atoms with van der Waals surface area (Å²) in [6.45, 7) is 0. The van der Waals surface area contributed by atoms with Gasteiger partial charge in [0, 0.05) is 0 Å². The second kappa shape index (κ2) is 11.4. The van der Waals surface area contributed by atoms with Gasteiger partial charge in [0.1, 0.15) is 0 Å². The number of rotatable bonds is 3. The lowest BCUT2D eigenvalue weighted by Gasteiger charge is -2.17. The minimum absolute atomic E-state index is 1.24. The van der Waals surface area contributed by atoms with Gasteiger partial charge in [-0.3, -0.25) is 0 Å². The molecule has 0 N–H and O–H groups in total.